The number of primary amides is 1. The second-order valence-electron chi connectivity index (χ2n) is 4.28. The molecule has 1 rings (SSSR count). The summed E-state index contributed by atoms with van der Waals surface area (Å²) in [4.78, 5) is 24.3. The lowest BCUT2D eigenvalue weighted by Gasteiger charge is -2.27. The largest absolute Gasteiger partial charge is 0.481 e. The maximum absolute atomic E-state index is 11.5. The molecule has 0 radical (unpaired) electrons. The summed E-state index contributed by atoms with van der Waals surface area (Å²) < 4.78 is 0.610. The molecule has 5 nitrogen and oxygen atoms in total. The SMILES string of the molecule is CCN(CC(C)C(=O)O)c1cccc(Br)c1C(N)=O. The van der Waals surface area contributed by atoms with E-state index >= 15 is 0 Å². The van der Waals surface area contributed by atoms with Gasteiger partial charge in [0.15, 0.2) is 0 Å². The van der Waals surface area contributed by atoms with Crippen molar-refractivity contribution in [2.75, 3.05) is 18.0 Å². The topological polar surface area (TPSA) is 83.6 Å². The van der Waals surface area contributed by atoms with Crippen molar-refractivity contribution in [1.82, 2.24) is 0 Å². The van der Waals surface area contributed by atoms with Crippen LogP contribution in [0.2, 0.25) is 0 Å². The number of hydrogen-bond acceptors (Lipinski definition) is 3. The smallest absolute Gasteiger partial charge is 0.308 e. The Labute approximate surface area is 120 Å². The third-order valence-electron chi connectivity index (χ3n) is 2.88. The maximum Gasteiger partial charge on any atom is 0.308 e. The molecule has 19 heavy (non-hydrogen) atoms. The van der Waals surface area contributed by atoms with Gasteiger partial charge in [0, 0.05) is 17.6 Å². The molecule has 1 amide bonds. The molecule has 1 aromatic carbocycles. The fourth-order valence-electron chi connectivity index (χ4n) is 1.83. The van der Waals surface area contributed by atoms with Gasteiger partial charge in [-0.05, 0) is 35.0 Å². The van der Waals surface area contributed by atoms with Crippen LogP contribution >= 0.6 is 15.9 Å². The molecule has 0 aliphatic carbocycles. The predicted molar refractivity (Wildman–Crippen MR) is 77.3 cm³/mol. The summed E-state index contributed by atoms with van der Waals surface area (Å²) in [6.45, 7) is 4.45. The normalized spacial score (nSPS) is 11.9. The van der Waals surface area contributed by atoms with Crippen molar-refractivity contribution in [3.63, 3.8) is 0 Å². The molecular weight excluding hydrogens is 312 g/mol. The first-order valence-electron chi connectivity index (χ1n) is 5.94. The second-order valence-corrected chi connectivity index (χ2v) is 5.13. The quantitative estimate of drug-likeness (QED) is 0.837. The number of carboxylic acid groups (broad SMARTS) is 1. The minimum atomic E-state index is -0.867. The molecule has 1 aromatic rings. The van der Waals surface area contributed by atoms with E-state index in [4.69, 9.17) is 10.8 Å². The van der Waals surface area contributed by atoms with Gasteiger partial charge in [0.05, 0.1) is 17.2 Å². The number of benzene rings is 1. The first-order chi connectivity index (χ1) is 8.88. The Bertz CT molecular complexity index is 491. The zero-order valence-corrected chi connectivity index (χ0v) is 12.5. The van der Waals surface area contributed by atoms with Crippen LogP contribution in [0.3, 0.4) is 0 Å². The minimum Gasteiger partial charge on any atom is -0.481 e. The predicted octanol–water partition coefficient (Wildman–Crippen LogP) is 2.09. The van der Waals surface area contributed by atoms with Crippen LogP contribution in [0, 0.1) is 5.92 Å². The van der Waals surface area contributed by atoms with E-state index in [-0.39, 0.29) is 0 Å². The van der Waals surface area contributed by atoms with Crippen LogP contribution < -0.4 is 10.6 Å². The minimum absolute atomic E-state index is 0.322. The molecule has 0 fully saturated rings. The standard InChI is InChI=1S/C13H17BrN2O3/c1-3-16(7-8(2)13(18)19)10-6-4-5-9(14)11(10)12(15)17/h4-6,8H,3,7H2,1-2H3,(H2,15,17)(H,18,19). The summed E-state index contributed by atoms with van der Waals surface area (Å²) in [6.07, 6.45) is 0. The summed E-state index contributed by atoms with van der Waals surface area (Å²) in [5, 5.41) is 8.98. The van der Waals surface area contributed by atoms with Crippen LogP contribution in [-0.4, -0.2) is 30.1 Å². The highest BCUT2D eigenvalue weighted by Crippen LogP contribution is 2.28. The third-order valence-corrected chi connectivity index (χ3v) is 3.54. The van der Waals surface area contributed by atoms with Gasteiger partial charge in [0.25, 0.3) is 5.91 Å². The summed E-state index contributed by atoms with van der Waals surface area (Å²) in [6, 6.07) is 5.29. The Morgan fingerprint density at radius 3 is 2.58 bits per heavy atom. The number of halogens is 1. The molecule has 0 aromatic heterocycles. The number of nitrogens with two attached hydrogens (primary N) is 1. The number of hydrogen-bond donors (Lipinski definition) is 2. The van der Waals surface area contributed by atoms with Crippen molar-refractivity contribution in [2.24, 2.45) is 11.7 Å². The van der Waals surface area contributed by atoms with Gasteiger partial charge in [-0.3, -0.25) is 9.59 Å². The number of nitrogens with zero attached hydrogens (tertiary/aromatic N) is 1. The van der Waals surface area contributed by atoms with Crippen molar-refractivity contribution in [3.05, 3.63) is 28.2 Å². The molecule has 0 heterocycles. The van der Waals surface area contributed by atoms with E-state index in [2.05, 4.69) is 15.9 Å². The van der Waals surface area contributed by atoms with Gasteiger partial charge in [0.1, 0.15) is 0 Å². The third kappa shape index (κ3) is 3.70. The van der Waals surface area contributed by atoms with Crippen LogP contribution in [0.1, 0.15) is 24.2 Å². The number of anilines is 1. The first kappa shape index (κ1) is 15.5. The van der Waals surface area contributed by atoms with Gasteiger partial charge in [-0.2, -0.15) is 0 Å². The zero-order chi connectivity index (χ0) is 14.6. The number of amides is 1. The van der Waals surface area contributed by atoms with Crippen molar-refractivity contribution in [3.8, 4) is 0 Å². The highest BCUT2D eigenvalue weighted by atomic mass is 79.9. The Morgan fingerprint density at radius 1 is 1.47 bits per heavy atom. The van der Waals surface area contributed by atoms with Gasteiger partial charge in [0.2, 0.25) is 0 Å². The summed E-state index contributed by atoms with van der Waals surface area (Å²) in [5.41, 5.74) is 6.41. The van der Waals surface area contributed by atoms with Crippen LogP contribution in [0.25, 0.3) is 0 Å². The fraction of sp³-hybridized carbons (Fsp3) is 0.385. The fourth-order valence-corrected chi connectivity index (χ4v) is 2.38. The van der Waals surface area contributed by atoms with Crippen molar-refractivity contribution in [1.29, 1.82) is 0 Å². The van der Waals surface area contributed by atoms with E-state index in [0.29, 0.717) is 28.8 Å². The Kier molecular flexibility index (Phi) is 5.35. The van der Waals surface area contributed by atoms with E-state index in [1.165, 1.54) is 0 Å². The van der Waals surface area contributed by atoms with E-state index in [0.717, 1.165) is 0 Å². The second kappa shape index (κ2) is 6.56. The lowest BCUT2D eigenvalue weighted by atomic mass is 10.1. The van der Waals surface area contributed by atoms with Crippen LogP contribution in [0.4, 0.5) is 5.69 Å². The van der Waals surface area contributed by atoms with Crippen LogP contribution in [0.15, 0.2) is 22.7 Å². The number of carbonyl (C=O) groups is 2. The molecular formula is C13H17BrN2O3. The van der Waals surface area contributed by atoms with Crippen molar-refractivity contribution in [2.45, 2.75) is 13.8 Å². The molecule has 1 atom stereocenters. The van der Waals surface area contributed by atoms with E-state index < -0.39 is 17.8 Å². The molecule has 0 saturated heterocycles. The molecule has 3 N–H and O–H groups in total. The zero-order valence-electron chi connectivity index (χ0n) is 10.9. The number of rotatable bonds is 6. The average Bonchev–Trinajstić information content (AvgIpc) is 2.34. The van der Waals surface area contributed by atoms with E-state index in [1.807, 2.05) is 11.8 Å². The number of carboxylic acids is 1. The Hall–Kier alpha value is -1.56. The number of aliphatic carboxylic acids is 1. The van der Waals surface area contributed by atoms with E-state index in [9.17, 15) is 9.59 Å². The van der Waals surface area contributed by atoms with Crippen molar-refractivity contribution < 1.29 is 14.7 Å². The molecule has 1 unspecified atom stereocenters. The molecule has 6 heteroatoms. The highest BCUT2D eigenvalue weighted by molar-refractivity contribution is 9.10. The number of carbonyl (C=O) groups excluding carboxylic acids is 1. The molecule has 0 aliphatic rings. The molecule has 0 bridgehead atoms. The summed E-state index contributed by atoms with van der Waals surface area (Å²) in [7, 11) is 0. The summed E-state index contributed by atoms with van der Waals surface area (Å²) >= 11 is 3.30. The van der Waals surface area contributed by atoms with Gasteiger partial charge in [-0.25, -0.2) is 0 Å². The highest BCUT2D eigenvalue weighted by Gasteiger charge is 2.20. The Balaban J connectivity index is 3.15. The van der Waals surface area contributed by atoms with Crippen LogP contribution in [0.5, 0.6) is 0 Å². The molecule has 0 saturated carbocycles. The molecule has 0 spiro atoms. The Morgan fingerprint density at radius 2 is 2.11 bits per heavy atom. The lowest BCUT2D eigenvalue weighted by molar-refractivity contribution is -0.140. The maximum atomic E-state index is 11.5. The van der Waals surface area contributed by atoms with Gasteiger partial charge >= 0.3 is 5.97 Å². The monoisotopic (exact) mass is 328 g/mol. The first-order valence-corrected chi connectivity index (χ1v) is 6.73. The summed E-state index contributed by atoms with van der Waals surface area (Å²) in [5.74, 6) is -1.93. The molecule has 0 aliphatic heterocycles. The van der Waals surface area contributed by atoms with Gasteiger partial charge < -0.3 is 15.7 Å². The lowest BCUT2D eigenvalue weighted by Crippen LogP contribution is -2.33. The van der Waals surface area contributed by atoms with E-state index in [1.54, 1.807) is 25.1 Å². The van der Waals surface area contributed by atoms with Gasteiger partial charge in [-0.15, -0.1) is 0 Å². The average molecular weight is 329 g/mol. The van der Waals surface area contributed by atoms with Gasteiger partial charge in [-0.1, -0.05) is 13.0 Å². The molecule has 104 valence electrons. The van der Waals surface area contributed by atoms with Crippen molar-refractivity contribution >= 4 is 33.5 Å². The van der Waals surface area contributed by atoms with Crippen LogP contribution in [-0.2, 0) is 4.79 Å².